The van der Waals surface area contributed by atoms with E-state index >= 15 is 0 Å². The van der Waals surface area contributed by atoms with Crippen molar-refractivity contribution in [2.75, 3.05) is 19.6 Å². The molecule has 2 rings (SSSR count). The number of likely N-dealkylation sites (tertiary alicyclic amines) is 1. The van der Waals surface area contributed by atoms with Gasteiger partial charge in [-0.05, 0) is 49.2 Å². The summed E-state index contributed by atoms with van der Waals surface area (Å²) in [7, 11) is 0. The Morgan fingerprint density at radius 3 is 2.30 bits per heavy atom. The molecule has 112 valence electrons. The van der Waals surface area contributed by atoms with Gasteiger partial charge in [0.05, 0.1) is 0 Å². The third kappa shape index (κ3) is 4.60. The van der Waals surface area contributed by atoms with E-state index in [9.17, 15) is 0 Å². The SMILES string of the molecule is CC(C)(C)C1CCN(CC(N)Cc2ccccc2)CC1. The van der Waals surface area contributed by atoms with Crippen LogP contribution in [0.5, 0.6) is 0 Å². The van der Waals surface area contributed by atoms with Gasteiger partial charge in [0.15, 0.2) is 0 Å². The number of hydrogen-bond acceptors (Lipinski definition) is 2. The van der Waals surface area contributed by atoms with Gasteiger partial charge in [-0.3, -0.25) is 0 Å². The molecule has 1 heterocycles. The first-order valence-electron chi connectivity index (χ1n) is 7.97. The van der Waals surface area contributed by atoms with Gasteiger partial charge in [0, 0.05) is 12.6 Å². The molecular formula is C18H30N2. The van der Waals surface area contributed by atoms with Gasteiger partial charge in [-0.2, -0.15) is 0 Å². The number of piperidine rings is 1. The van der Waals surface area contributed by atoms with Crippen molar-refractivity contribution in [3.63, 3.8) is 0 Å². The molecule has 2 heteroatoms. The highest BCUT2D eigenvalue weighted by molar-refractivity contribution is 5.15. The number of nitrogens with zero attached hydrogens (tertiary/aromatic N) is 1. The van der Waals surface area contributed by atoms with Gasteiger partial charge in [-0.1, -0.05) is 51.1 Å². The van der Waals surface area contributed by atoms with Crippen molar-refractivity contribution in [3.8, 4) is 0 Å². The monoisotopic (exact) mass is 274 g/mol. The molecule has 1 aliphatic heterocycles. The maximum atomic E-state index is 6.32. The molecule has 2 N–H and O–H groups in total. The Morgan fingerprint density at radius 1 is 1.15 bits per heavy atom. The highest BCUT2D eigenvalue weighted by Gasteiger charge is 2.28. The van der Waals surface area contributed by atoms with Crippen LogP contribution in [0.2, 0.25) is 0 Å². The van der Waals surface area contributed by atoms with Gasteiger partial charge in [0.25, 0.3) is 0 Å². The van der Waals surface area contributed by atoms with Crippen LogP contribution in [-0.4, -0.2) is 30.6 Å². The molecule has 0 spiro atoms. The summed E-state index contributed by atoms with van der Waals surface area (Å²) in [6.07, 6.45) is 3.63. The van der Waals surface area contributed by atoms with E-state index in [1.54, 1.807) is 0 Å². The van der Waals surface area contributed by atoms with E-state index in [1.807, 2.05) is 0 Å². The quantitative estimate of drug-likeness (QED) is 0.912. The summed E-state index contributed by atoms with van der Waals surface area (Å²) in [5.41, 5.74) is 8.12. The van der Waals surface area contributed by atoms with Gasteiger partial charge in [0.1, 0.15) is 0 Å². The lowest BCUT2D eigenvalue weighted by Gasteiger charge is -2.39. The fraction of sp³-hybridized carbons (Fsp3) is 0.667. The molecule has 1 aromatic carbocycles. The minimum atomic E-state index is 0.253. The van der Waals surface area contributed by atoms with Crippen LogP contribution in [0, 0.1) is 11.3 Å². The van der Waals surface area contributed by atoms with E-state index in [2.05, 4.69) is 56.0 Å². The molecule has 0 aromatic heterocycles. The highest BCUT2D eigenvalue weighted by Crippen LogP contribution is 2.34. The molecule has 0 saturated carbocycles. The zero-order chi connectivity index (χ0) is 14.6. The molecule has 1 fully saturated rings. The Balaban J connectivity index is 1.75. The summed E-state index contributed by atoms with van der Waals surface area (Å²) in [5.74, 6) is 0.865. The highest BCUT2D eigenvalue weighted by atomic mass is 15.1. The van der Waals surface area contributed by atoms with Crippen LogP contribution in [0.25, 0.3) is 0 Å². The molecule has 1 unspecified atom stereocenters. The van der Waals surface area contributed by atoms with Gasteiger partial charge in [-0.15, -0.1) is 0 Å². The molecular weight excluding hydrogens is 244 g/mol. The van der Waals surface area contributed by atoms with Gasteiger partial charge in [0.2, 0.25) is 0 Å². The second-order valence-electron chi connectivity index (χ2n) is 7.39. The Kier molecular flexibility index (Phi) is 5.22. The second kappa shape index (κ2) is 6.73. The predicted molar refractivity (Wildman–Crippen MR) is 86.7 cm³/mol. The maximum absolute atomic E-state index is 6.32. The van der Waals surface area contributed by atoms with Crippen molar-refractivity contribution in [1.82, 2.24) is 4.90 Å². The van der Waals surface area contributed by atoms with Gasteiger partial charge in [-0.25, -0.2) is 0 Å². The molecule has 20 heavy (non-hydrogen) atoms. The number of hydrogen-bond donors (Lipinski definition) is 1. The van der Waals surface area contributed by atoms with Crippen LogP contribution in [0.1, 0.15) is 39.2 Å². The van der Waals surface area contributed by atoms with Crippen LogP contribution in [0.3, 0.4) is 0 Å². The van der Waals surface area contributed by atoms with Crippen molar-refractivity contribution in [2.24, 2.45) is 17.1 Å². The molecule has 1 atom stereocenters. The number of nitrogens with two attached hydrogens (primary N) is 1. The molecule has 1 aliphatic rings. The summed E-state index contributed by atoms with van der Waals surface area (Å²) >= 11 is 0. The number of rotatable bonds is 4. The van der Waals surface area contributed by atoms with Crippen LogP contribution >= 0.6 is 0 Å². The van der Waals surface area contributed by atoms with Crippen molar-refractivity contribution >= 4 is 0 Å². The van der Waals surface area contributed by atoms with Crippen molar-refractivity contribution in [2.45, 2.75) is 46.1 Å². The molecule has 0 amide bonds. The smallest absolute Gasteiger partial charge is 0.0208 e. The van der Waals surface area contributed by atoms with Gasteiger partial charge >= 0.3 is 0 Å². The van der Waals surface area contributed by atoms with Crippen LogP contribution in [0.15, 0.2) is 30.3 Å². The molecule has 1 aromatic rings. The first kappa shape index (κ1) is 15.5. The minimum absolute atomic E-state index is 0.253. The molecule has 1 saturated heterocycles. The van der Waals surface area contributed by atoms with E-state index in [-0.39, 0.29) is 6.04 Å². The molecule has 0 aliphatic carbocycles. The van der Waals surface area contributed by atoms with Gasteiger partial charge < -0.3 is 10.6 Å². The van der Waals surface area contributed by atoms with E-state index in [0.717, 1.165) is 18.9 Å². The lowest BCUT2D eigenvalue weighted by Crippen LogP contribution is -2.44. The van der Waals surface area contributed by atoms with Crippen molar-refractivity contribution in [1.29, 1.82) is 0 Å². The summed E-state index contributed by atoms with van der Waals surface area (Å²) in [4.78, 5) is 2.55. The van der Waals surface area contributed by atoms with Crippen LogP contribution in [-0.2, 0) is 6.42 Å². The van der Waals surface area contributed by atoms with Crippen molar-refractivity contribution in [3.05, 3.63) is 35.9 Å². The first-order valence-corrected chi connectivity index (χ1v) is 7.97. The average molecular weight is 274 g/mol. The average Bonchev–Trinajstić information content (AvgIpc) is 2.39. The third-order valence-electron chi connectivity index (χ3n) is 4.65. The fourth-order valence-corrected chi connectivity index (χ4v) is 3.29. The van der Waals surface area contributed by atoms with Crippen molar-refractivity contribution < 1.29 is 0 Å². The van der Waals surface area contributed by atoms with E-state index < -0.39 is 0 Å². The molecule has 2 nitrogen and oxygen atoms in total. The lowest BCUT2D eigenvalue weighted by atomic mass is 9.75. The van der Waals surface area contributed by atoms with E-state index in [0.29, 0.717) is 5.41 Å². The summed E-state index contributed by atoms with van der Waals surface area (Å²) in [6, 6.07) is 10.8. The Labute approximate surface area is 124 Å². The Bertz CT molecular complexity index is 386. The lowest BCUT2D eigenvalue weighted by molar-refractivity contribution is 0.108. The predicted octanol–water partition coefficient (Wildman–Crippen LogP) is 3.31. The molecule has 0 bridgehead atoms. The zero-order valence-electron chi connectivity index (χ0n) is 13.3. The standard InChI is InChI=1S/C18H30N2/c1-18(2,3)16-9-11-20(12-10-16)14-17(19)13-15-7-5-4-6-8-15/h4-8,16-17H,9-14,19H2,1-3H3. The molecule has 0 radical (unpaired) electrons. The zero-order valence-corrected chi connectivity index (χ0v) is 13.3. The number of benzene rings is 1. The Morgan fingerprint density at radius 2 is 1.75 bits per heavy atom. The van der Waals surface area contributed by atoms with Crippen LogP contribution < -0.4 is 5.73 Å². The topological polar surface area (TPSA) is 29.3 Å². The van der Waals surface area contributed by atoms with E-state index in [1.165, 1.54) is 31.5 Å². The Hall–Kier alpha value is -0.860. The van der Waals surface area contributed by atoms with E-state index in [4.69, 9.17) is 5.73 Å². The minimum Gasteiger partial charge on any atom is -0.326 e. The third-order valence-corrected chi connectivity index (χ3v) is 4.65. The fourth-order valence-electron chi connectivity index (χ4n) is 3.29. The summed E-state index contributed by atoms with van der Waals surface area (Å²) in [5, 5.41) is 0. The second-order valence-corrected chi connectivity index (χ2v) is 7.39. The maximum Gasteiger partial charge on any atom is 0.0208 e. The van der Waals surface area contributed by atoms with Crippen LogP contribution in [0.4, 0.5) is 0 Å². The largest absolute Gasteiger partial charge is 0.326 e. The first-order chi connectivity index (χ1) is 9.45. The summed E-state index contributed by atoms with van der Waals surface area (Å²) < 4.78 is 0. The summed E-state index contributed by atoms with van der Waals surface area (Å²) in [6.45, 7) is 10.6. The normalized spacial score (nSPS) is 20.0.